The first-order chi connectivity index (χ1) is 4.84. The van der Waals surface area contributed by atoms with E-state index in [0.29, 0.717) is 0 Å². The number of rotatable bonds is 2. The maximum atomic E-state index is 3.46. The molecule has 0 N–H and O–H groups in total. The van der Waals surface area contributed by atoms with E-state index in [1.54, 1.807) is 0 Å². The highest BCUT2D eigenvalue weighted by atomic mass is 79.9. The average Bonchev–Trinajstić information content (AvgIpc) is 1.94. The normalized spacial score (nSPS) is 9.80. The fourth-order valence-corrected chi connectivity index (χ4v) is 1.33. The Hall–Kier alpha value is -0.370. The molecule has 54 valence electrons. The van der Waals surface area contributed by atoms with Gasteiger partial charge in [0.25, 0.3) is 0 Å². The molecule has 1 aromatic heterocycles. The van der Waals surface area contributed by atoms with Crippen LogP contribution in [0.1, 0.15) is 13.3 Å². The number of hydrogen-bond donors (Lipinski definition) is 0. The van der Waals surface area contributed by atoms with Gasteiger partial charge in [-0.3, -0.25) is 0 Å². The summed E-state index contributed by atoms with van der Waals surface area (Å²) in [4.78, 5) is 0. The third-order valence-corrected chi connectivity index (χ3v) is 2.07. The summed E-state index contributed by atoms with van der Waals surface area (Å²) in [5.41, 5.74) is 0. The lowest BCUT2D eigenvalue weighted by Gasteiger charge is -1.93. The second-order valence-electron chi connectivity index (χ2n) is 2.22. The molecule has 2 heteroatoms. The SMILES string of the molecule is CCC[n+]1ccccc1Br. The zero-order valence-electron chi connectivity index (χ0n) is 6.05. The average molecular weight is 201 g/mol. The van der Waals surface area contributed by atoms with Gasteiger partial charge < -0.3 is 0 Å². The maximum Gasteiger partial charge on any atom is 0.247 e. The van der Waals surface area contributed by atoms with E-state index < -0.39 is 0 Å². The summed E-state index contributed by atoms with van der Waals surface area (Å²) in [5, 5.41) is 0. The first-order valence-electron chi connectivity index (χ1n) is 3.48. The van der Waals surface area contributed by atoms with Crippen molar-refractivity contribution in [1.82, 2.24) is 0 Å². The van der Waals surface area contributed by atoms with Crippen LogP contribution in [0.15, 0.2) is 29.0 Å². The third kappa shape index (κ3) is 1.81. The van der Waals surface area contributed by atoms with Gasteiger partial charge in [-0.25, -0.2) is 0 Å². The predicted octanol–water partition coefficient (Wildman–Crippen LogP) is 2.15. The monoisotopic (exact) mass is 200 g/mol. The molecule has 1 heterocycles. The molecule has 0 aliphatic rings. The van der Waals surface area contributed by atoms with Crippen LogP contribution in [0.2, 0.25) is 0 Å². The van der Waals surface area contributed by atoms with Crippen LogP contribution >= 0.6 is 15.9 Å². The maximum absolute atomic E-state index is 3.46. The predicted molar refractivity (Wildman–Crippen MR) is 44.6 cm³/mol. The second-order valence-corrected chi connectivity index (χ2v) is 3.03. The molecule has 0 radical (unpaired) electrons. The van der Waals surface area contributed by atoms with E-state index in [2.05, 4.69) is 39.7 Å². The molecule has 1 rings (SSSR count). The van der Waals surface area contributed by atoms with Crippen LogP contribution in [0.4, 0.5) is 0 Å². The van der Waals surface area contributed by atoms with E-state index in [-0.39, 0.29) is 0 Å². The van der Waals surface area contributed by atoms with Gasteiger partial charge in [0.1, 0.15) is 6.54 Å². The van der Waals surface area contributed by atoms with Crippen LogP contribution in [0.5, 0.6) is 0 Å². The standard InChI is InChI=1S/C8H11BrN/c1-2-6-10-7-4-3-5-8(10)9/h3-5,7H,2,6H2,1H3/q+1. The fourth-order valence-electron chi connectivity index (χ4n) is 0.878. The van der Waals surface area contributed by atoms with Gasteiger partial charge in [0.05, 0.1) is 0 Å². The number of nitrogens with zero attached hydrogens (tertiary/aromatic N) is 1. The molecular formula is C8H11BrN+. The summed E-state index contributed by atoms with van der Waals surface area (Å²) >= 11 is 3.46. The van der Waals surface area contributed by atoms with Crippen LogP contribution in [0, 0.1) is 0 Å². The van der Waals surface area contributed by atoms with Crippen LogP contribution in [0.25, 0.3) is 0 Å². The topological polar surface area (TPSA) is 3.88 Å². The van der Waals surface area contributed by atoms with Gasteiger partial charge in [-0.2, -0.15) is 4.57 Å². The molecule has 0 spiro atoms. The van der Waals surface area contributed by atoms with Crippen LogP contribution in [-0.2, 0) is 6.54 Å². The molecule has 0 aromatic carbocycles. The molecule has 0 aliphatic carbocycles. The van der Waals surface area contributed by atoms with E-state index >= 15 is 0 Å². The summed E-state index contributed by atoms with van der Waals surface area (Å²) in [6.45, 7) is 3.26. The van der Waals surface area contributed by atoms with Crippen molar-refractivity contribution in [2.75, 3.05) is 0 Å². The lowest BCUT2D eigenvalue weighted by Crippen LogP contribution is -2.34. The van der Waals surface area contributed by atoms with E-state index in [1.807, 2.05) is 12.1 Å². The van der Waals surface area contributed by atoms with Gasteiger partial charge in [-0.15, -0.1) is 0 Å². The molecule has 1 nitrogen and oxygen atoms in total. The van der Waals surface area contributed by atoms with Crippen LogP contribution in [-0.4, -0.2) is 0 Å². The minimum Gasteiger partial charge on any atom is -0.193 e. The number of halogens is 1. The highest BCUT2D eigenvalue weighted by Crippen LogP contribution is 2.00. The van der Waals surface area contributed by atoms with Crippen molar-refractivity contribution in [1.29, 1.82) is 0 Å². The molecule has 0 unspecified atom stereocenters. The summed E-state index contributed by atoms with van der Waals surface area (Å²) in [6, 6.07) is 6.12. The Bertz CT molecular complexity index is 210. The molecule has 0 fully saturated rings. The summed E-state index contributed by atoms with van der Waals surface area (Å²) in [6.07, 6.45) is 3.25. The van der Waals surface area contributed by atoms with Crippen molar-refractivity contribution in [3.05, 3.63) is 29.0 Å². The van der Waals surface area contributed by atoms with Gasteiger partial charge >= 0.3 is 0 Å². The zero-order valence-corrected chi connectivity index (χ0v) is 7.63. The molecule has 0 saturated heterocycles. The second kappa shape index (κ2) is 3.71. The number of aromatic nitrogens is 1. The highest BCUT2D eigenvalue weighted by Gasteiger charge is 2.01. The number of hydrogen-bond acceptors (Lipinski definition) is 0. The molecule has 0 amide bonds. The molecule has 10 heavy (non-hydrogen) atoms. The summed E-state index contributed by atoms with van der Waals surface area (Å²) < 4.78 is 3.33. The van der Waals surface area contributed by atoms with Crippen LogP contribution < -0.4 is 4.57 Å². The molecular weight excluding hydrogens is 190 g/mol. The van der Waals surface area contributed by atoms with E-state index in [1.165, 1.54) is 6.42 Å². The van der Waals surface area contributed by atoms with E-state index in [4.69, 9.17) is 0 Å². The van der Waals surface area contributed by atoms with Crippen molar-refractivity contribution in [2.24, 2.45) is 0 Å². The minimum atomic E-state index is 1.08. The van der Waals surface area contributed by atoms with E-state index in [9.17, 15) is 0 Å². The molecule has 0 atom stereocenters. The molecule has 0 saturated carbocycles. The number of aryl methyl sites for hydroxylation is 1. The van der Waals surface area contributed by atoms with Gasteiger partial charge in [0, 0.05) is 34.5 Å². The molecule has 0 aliphatic heterocycles. The van der Waals surface area contributed by atoms with Crippen molar-refractivity contribution in [3.8, 4) is 0 Å². The Kier molecular flexibility index (Phi) is 2.87. The van der Waals surface area contributed by atoms with Gasteiger partial charge in [0.15, 0.2) is 6.20 Å². The quantitative estimate of drug-likeness (QED) is 0.509. The smallest absolute Gasteiger partial charge is 0.193 e. The Morgan fingerprint density at radius 2 is 2.30 bits per heavy atom. The van der Waals surface area contributed by atoms with E-state index in [0.717, 1.165) is 11.1 Å². The minimum absolute atomic E-state index is 1.08. The highest BCUT2D eigenvalue weighted by molar-refractivity contribution is 9.10. The summed E-state index contributed by atoms with van der Waals surface area (Å²) in [5.74, 6) is 0. The first kappa shape index (κ1) is 7.73. The molecule has 1 aromatic rings. The van der Waals surface area contributed by atoms with Crippen LogP contribution in [0.3, 0.4) is 0 Å². The Morgan fingerprint density at radius 3 is 2.90 bits per heavy atom. The van der Waals surface area contributed by atoms with Gasteiger partial charge in [-0.1, -0.05) is 6.92 Å². The Balaban J connectivity index is 2.81. The van der Waals surface area contributed by atoms with Crippen molar-refractivity contribution in [3.63, 3.8) is 0 Å². The molecule has 0 bridgehead atoms. The van der Waals surface area contributed by atoms with Crippen molar-refractivity contribution >= 4 is 15.9 Å². The number of pyridine rings is 1. The van der Waals surface area contributed by atoms with Crippen molar-refractivity contribution < 1.29 is 4.57 Å². The lowest BCUT2D eigenvalue weighted by atomic mass is 10.4. The van der Waals surface area contributed by atoms with Gasteiger partial charge in [0.2, 0.25) is 4.60 Å². The van der Waals surface area contributed by atoms with Gasteiger partial charge in [-0.05, 0) is 6.07 Å². The van der Waals surface area contributed by atoms with Crippen molar-refractivity contribution in [2.45, 2.75) is 19.9 Å². The third-order valence-electron chi connectivity index (χ3n) is 1.35. The summed E-state index contributed by atoms with van der Waals surface area (Å²) in [7, 11) is 0. The Labute approximate surface area is 69.8 Å². The fraction of sp³-hybridized carbons (Fsp3) is 0.375. The Morgan fingerprint density at radius 1 is 1.50 bits per heavy atom. The lowest BCUT2D eigenvalue weighted by molar-refractivity contribution is -0.707. The first-order valence-corrected chi connectivity index (χ1v) is 4.28. The zero-order chi connectivity index (χ0) is 7.40. The largest absolute Gasteiger partial charge is 0.247 e.